The third-order valence-corrected chi connectivity index (χ3v) is 5.28. The summed E-state index contributed by atoms with van der Waals surface area (Å²) in [6.07, 6.45) is 1.99. The van der Waals surface area contributed by atoms with Crippen molar-refractivity contribution in [1.29, 1.82) is 0 Å². The molecule has 0 aromatic carbocycles. The van der Waals surface area contributed by atoms with Gasteiger partial charge in [-0.2, -0.15) is 0 Å². The monoisotopic (exact) mass is 357 g/mol. The lowest BCUT2D eigenvalue weighted by Crippen LogP contribution is -2.36. The number of aromatic nitrogens is 4. The van der Waals surface area contributed by atoms with Gasteiger partial charge >= 0.3 is 0 Å². The number of halogens is 1. The van der Waals surface area contributed by atoms with Gasteiger partial charge in [-0.15, -0.1) is 11.3 Å². The van der Waals surface area contributed by atoms with Gasteiger partial charge in [-0.05, 0) is 51.2 Å². The van der Waals surface area contributed by atoms with Gasteiger partial charge in [0, 0.05) is 34.4 Å². The minimum Gasteiger partial charge on any atom is -0.396 e. The van der Waals surface area contributed by atoms with Crippen molar-refractivity contribution in [3.05, 3.63) is 20.8 Å². The van der Waals surface area contributed by atoms with E-state index in [0.717, 1.165) is 36.4 Å². The van der Waals surface area contributed by atoms with Crippen molar-refractivity contribution in [3.8, 4) is 0 Å². The first kappa shape index (κ1) is 14.0. The molecular weight excluding hydrogens is 342 g/mol. The van der Waals surface area contributed by atoms with E-state index in [9.17, 15) is 5.11 Å². The molecule has 20 heavy (non-hydrogen) atoms. The fraction of sp³-hybridized carbons (Fsp3) is 0.583. The van der Waals surface area contributed by atoms with E-state index >= 15 is 0 Å². The molecule has 0 atom stereocenters. The highest BCUT2D eigenvalue weighted by molar-refractivity contribution is 9.10. The highest BCUT2D eigenvalue weighted by Gasteiger charge is 2.22. The molecule has 8 heteroatoms. The average molecular weight is 358 g/mol. The molecule has 0 radical (unpaired) electrons. The van der Waals surface area contributed by atoms with Crippen molar-refractivity contribution in [3.63, 3.8) is 0 Å². The minimum atomic E-state index is 0.280. The maximum absolute atomic E-state index is 9.19. The summed E-state index contributed by atoms with van der Waals surface area (Å²) in [6.45, 7) is 2.78. The number of piperidine rings is 1. The van der Waals surface area contributed by atoms with E-state index in [4.69, 9.17) is 0 Å². The SMILES string of the molecule is OCC1CCN(c2nnnn2Cc2cc(Br)cs2)CC1. The molecule has 0 aliphatic carbocycles. The van der Waals surface area contributed by atoms with E-state index in [1.807, 2.05) is 4.68 Å². The summed E-state index contributed by atoms with van der Waals surface area (Å²) in [7, 11) is 0. The Morgan fingerprint density at radius 2 is 2.20 bits per heavy atom. The van der Waals surface area contributed by atoms with Gasteiger partial charge in [-0.3, -0.25) is 0 Å². The largest absolute Gasteiger partial charge is 0.396 e. The predicted octanol–water partition coefficient (Wildman–Crippen LogP) is 1.75. The smallest absolute Gasteiger partial charge is 0.245 e. The summed E-state index contributed by atoms with van der Waals surface area (Å²) >= 11 is 5.15. The molecule has 0 bridgehead atoms. The van der Waals surface area contributed by atoms with E-state index in [0.29, 0.717) is 12.5 Å². The Kier molecular flexibility index (Phi) is 4.32. The van der Waals surface area contributed by atoms with E-state index in [1.165, 1.54) is 4.88 Å². The van der Waals surface area contributed by atoms with Crippen LogP contribution in [0, 0.1) is 5.92 Å². The van der Waals surface area contributed by atoms with E-state index in [2.05, 4.69) is 47.8 Å². The Morgan fingerprint density at radius 1 is 1.40 bits per heavy atom. The van der Waals surface area contributed by atoms with Gasteiger partial charge in [0.25, 0.3) is 0 Å². The first-order valence-electron chi connectivity index (χ1n) is 6.61. The number of tetrazole rings is 1. The van der Waals surface area contributed by atoms with Gasteiger partial charge in [0.15, 0.2) is 0 Å². The Morgan fingerprint density at radius 3 is 2.85 bits per heavy atom. The highest BCUT2D eigenvalue weighted by atomic mass is 79.9. The van der Waals surface area contributed by atoms with Crippen LogP contribution in [0.25, 0.3) is 0 Å². The Hall–Kier alpha value is -0.990. The third kappa shape index (κ3) is 3.02. The first-order chi connectivity index (χ1) is 9.76. The van der Waals surface area contributed by atoms with Gasteiger partial charge in [0.05, 0.1) is 6.54 Å². The molecule has 1 aliphatic heterocycles. The molecular formula is C12H16BrN5OS. The molecule has 0 amide bonds. The van der Waals surface area contributed by atoms with Crippen LogP contribution in [0.5, 0.6) is 0 Å². The lowest BCUT2D eigenvalue weighted by atomic mass is 9.98. The van der Waals surface area contributed by atoms with Crippen LogP contribution >= 0.6 is 27.3 Å². The van der Waals surface area contributed by atoms with Crippen LogP contribution in [0.15, 0.2) is 15.9 Å². The molecule has 0 unspecified atom stereocenters. The van der Waals surface area contributed by atoms with E-state index in [-0.39, 0.29) is 6.61 Å². The number of anilines is 1. The fourth-order valence-electron chi connectivity index (χ4n) is 2.43. The second-order valence-corrected chi connectivity index (χ2v) is 6.89. The zero-order valence-corrected chi connectivity index (χ0v) is 13.3. The van der Waals surface area contributed by atoms with Crippen LogP contribution in [0.4, 0.5) is 5.95 Å². The number of aliphatic hydroxyl groups is 1. The third-order valence-electron chi connectivity index (χ3n) is 3.60. The number of aliphatic hydroxyl groups excluding tert-OH is 1. The number of thiophene rings is 1. The minimum absolute atomic E-state index is 0.280. The first-order valence-corrected chi connectivity index (χ1v) is 8.28. The molecule has 3 rings (SSSR count). The summed E-state index contributed by atoms with van der Waals surface area (Å²) in [5.41, 5.74) is 0. The Labute approximate surface area is 129 Å². The normalized spacial score (nSPS) is 16.8. The van der Waals surface area contributed by atoms with Crippen LogP contribution < -0.4 is 4.90 Å². The molecule has 1 saturated heterocycles. The molecule has 1 fully saturated rings. The Bertz CT molecular complexity index is 564. The molecule has 108 valence electrons. The van der Waals surface area contributed by atoms with Gasteiger partial charge < -0.3 is 10.0 Å². The zero-order valence-electron chi connectivity index (χ0n) is 10.9. The number of rotatable bonds is 4. The molecule has 1 aliphatic rings. The van der Waals surface area contributed by atoms with Gasteiger partial charge in [-0.1, -0.05) is 5.10 Å². The van der Waals surface area contributed by atoms with Crippen LogP contribution in [0.1, 0.15) is 17.7 Å². The maximum atomic E-state index is 9.19. The van der Waals surface area contributed by atoms with E-state index < -0.39 is 0 Å². The van der Waals surface area contributed by atoms with Crippen LogP contribution in [-0.4, -0.2) is 45.0 Å². The highest BCUT2D eigenvalue weighted by Crippen LogP contribution is 2.24. The topological polar surface area (TPSA) is 67.1 Å². The number of hydrogen-bond acceptors (Lipinski definition) is 6. The summed E-state index contributed by atoms with van der Waals surface area (Å²) in [5.74, 6) is 1.25. The average Bonchev–Trinajstić information content (AvgIpc) is 3.09. The van der Waals surface area contributed by atoms with Crippen LogP contribution in [0.2, 0.25) is 0 Å². The van der Waals surface area contributed by atoms with Gasteiger partial charge in [0.1, 0.15) is 0 Å². The standard InChI is InChI=1S/C12H16BrN5OS/c13-10-5-11(20-8-10)6-18-12(14-15-16-18)17-3-1-9(7-19)2-4-17/h5,8-9,19H,1-4,6-7H2. The molecule has 2 aromatic rings. The van der Waals surface area contributed by atoms with Crippen molar-refractivity contribution in [2.75, 3.05) is 24.6 Å². The summed E-state index contributed by atoms with van der Waals surface area (Å²) in [6, 6.07) is 2.09. The molecule has 3 heterocycles. The van der Waals surface area contributed by atoms with Crippen LogP contribution in [0.3, 0.4) is 0 Å². The van der Waals surface area contributed by atoms with Crippen molar-refractivity contribution >= 4 is 33.2 Å². The zero-order chi connectivity index (χ0) is 13.9. The second-order valence-electron chi connectivity index (χ2n) is 4.98. The predicted molar refractivity (Wildman–Crippen MR) is 81.0 cm³/mol. The number of hydrogen-bond donors (Lipinski definition) is 1. The fourth-order valence-corrected chi connectivity index (χ4v) is 3.86. The van der Waals surface area contributed by atoms with Crippen LogP contribution in [-0.2, 0) is 6.54 Å². The van der Waals surface area contributed by atoms with Gasteiger partial charge in [-0.25, -0.2) is 4.68 Å². The van der Waals surface area contributed by atoms with Crippen molar-refractivity contribution < 1.29 is 5.11 Å². The molecule has 2 aromatic heterocycles. The number of nitrogens with zero attached hydrogens (tertiary/aromatic N) is 5. The summed E-state index contributed by atoms with van der Waals surface area (Å²) in [5, 5.41) is 23.3. The van der Waals surface area contributed by atoms with Crippen molar-refractivity contribution in [2.45, 2.75) is 19.4 Å². The lowest BCUT2D eigenvalue weighted by Gasteiger charge is -2.31. The van der Waals surface area contributed by atoms with Crippen molar-refractivity contribution in [2.24, 2.45) is 5.92 Å². The summed E-state index contributed by atoms with van der Waals surface area (Å²) in [4.78, 5) is 3.42. The lowest BCUT2D eigenvalue weighted by molar-refractivity contribution is 0.202. The molecule has 0 spiro atoms. The Balaban J connectivity index is 1.70. The molecule has 1 N–H and O–H groups in total. The second kappa shape index (κ2) is 6.19. The van der Waals surface area contributed by atoms with Gasteiger partial charge in [0.2, 0.25) is 5.95 Å². The summed E-state index contributed by atoms with van der Waals surface area (Å²) < 4.78 is 2.94. The quantitative estimate of drug-likeness (QED) is 0.902. The van der Waals surface area contributed by atoms with E-state index in [1.54, 1.807) is 11.3 Å². The molecule has 0 saturated carbocycles. The van der Waals surface area contributed by atoms with Crippen molar-refractivity contribution in [1.82, 2.24) is 20.2 Å². The molecule has 6 nitrogen and oxygen atoms in total. The maximum Gasteiger partial charge on any atom is 0.245 e.